The number of likely N-dealkylation sites (tertiary alicyclic amines) is 2. The highest BCUT2D eigenvalue weighted by Crippen LogP contribution is 2.39. The lowest BCUT2D eigenvalue weighted by Gasteiger charge is -2.48. The first-order valence-electron chi connectivity index (χ1n) is 10.2. The summed E-state index contributed by atoms with van der Waals surface area (Å²) in [6.07, 6.45) is 7.81. The zero-order chi connectivity index (χ0) is 19.6. The number of hydrogen-bond donors (Lipinski definition) is 1. The molecule has 1 aromatic carbocycles. The van der Waals surface area contributed by atoms with Crippen molar-refractivity contribution in [2.45, 2.75) is 39.0 Å². The topological polar surface area (TPSA) is 69.3 Å². The molecule has 0 aliphatic carbocycles. The van der Waals surface area contributed by atoms with Gasteiger partial charge in [0.2, 0.25) is 5.91 Å². The van der Waals surface area contributed by atoms with Gasteiger partial charge in [-0.3, -0.25) is 9.59 Å². The number of amides is 2. The maximum absolute atomic E-state index is 13.0. The number of imidazole rings is 1. The summed E-state index contributed by atoms with van der Waals surface area (Å²) in [4.78, 5) is 36.6. The molecule has 148 valence electrons. The van der Waals surface area contributed by atoms with Gasteiger partial charge in [-0.1, -0.05) is 17.7 Å². The van der Waals surface area contributed by atoms with Gasteiger partial charge in [0.05, 0.1) is 6.33 Å². The summed E-state index contributed by atoms with van der Waals surface area (Å²) in [5.74, 6) is 0.340. The summed E-state index contributed by atoms with van der Waals surface area (Å²) in [7, 11) is 0. The fourth-order valence-electron chi connectivity index (χ4n) is 4.58. The third kappa shape index (κ3) is 3.96. The van der Waals surface area contributed by atoms with Crippen LogP contribution < -0.4 is 0 Å². The van der Waals surface area contributed by atoms with Crippen molar-refractivity contribution in [2.24, 2.45) is 5.41 Å². The number of benzene rings is 1. The van der Waals surface area contributed by atoms with Crippen molar-refractivity contribution in [1.82, 2.24) is 19.8 Å². The number of nitrogens with one attached hydrogen (secondary N) is 1. The second-order valence-corrected chi connectivity index (χ2v) is 8.34. The van der Waals surface area contributed by atoms with E-state index in [-0.39, 0.29) is 17.2 Å². The summed E-state index contributed by atoms with van der Waals surface area (Å²) < 4.78 is 0. The summed E-state index contributed by atoms with van der Waals surface area (Å²) in [6.45, 7) is 5.03. The molecule has 3 heterocycles. The first-order chi connectivity index (χ1) is 13.5. The SMILES string of the molecule is Cc1ccc(C(=O)N2CCC[C@]3(CCC(=O)N(CCc4cnc[nH]4)C3)C2)cc1. The minimum absolute atomic E-state index is 0.0283. The van der Waals surface area contributed by atoms with Crippen LogP contribution in [0.15, 0.2) is 36.8 Å². The van der Waals surface area contributed by atoms with Crippen LogP contribution in [0.3, 0.4) is 0 Å². The Morgan fingerprint density at radius 2 is 2.04 bits per heavy atom. The first-order valence-corrected chi connectivity index (χ1v) is 10.2. The van der Waals surface area contributed by atoms with E-state index in [4.69, 9.17) is 0 Å². The molecule has 0 unspecified atom stereocenters. The highest BCUT2D eigenvalue weighted by atomic mass is 16.2. The minimum Gasteiger partial charge on any atom is -0.348 e. The van der Waals surface area contributed by atoms with Crippen molar-refractivity contribution >= 4 is 11.8 Å². The van der Waals surface area contributed by atoms with Crippen LogP contribution in [0, 0.1) is 12.3 Å². The Morgan fingerprint density at radius 3 is 2.79 bits per heavy atom. The third-order valence-electron chi connectivity index (χ3n) is 6.20. The second kappa shape index (κ2) is 7.78. The summed E-state index contributed by atoms with van der Waals surface area (Å²) in [5, 5.41) is 0. The lowest BCUT2D eigenvalue weighted by Crippen LogP contribution is -2.55. The van der Waals surface area contributed by atoms with Crippen LogP contribution in [0.4, 0.5) is 0 Å². The molecule has 1 spiro atoms. The molecule has 4 rings (SSSR count). The van der Waals surface area contributed by atoms with Crippen molar-refractivity contribution in [1.29, 1.82) is 0 Å². The van der Waals surface area contributed by atoms with Gasteiger partial charge in [0, 0.05) is 61.9 Å². The van der Waals surface area contributed by atoms with Crippen LogP contribution >= 0.6 is 0 Å². The van der Waals surface area contributed by atoms with Crippen LogP contribution in [-0.4, -0.2) is 57.8 Å². The van der Waals surface area contributed by atoms with Gasteiger partial charge in [-0.2, -0.15) is 0 Å². The molecule has 2 saturated heterocycles. The van der Waals surface area contributed by atoms with E-state index in [1.54, 1.807) is 6.33 Å². The van der Waals surface area contributed by atoms with Gasteiger partial charge in [-0.25, -0.2) is 4.98 Å². The number of aromatic nitrogens is 2. The number of carbonyl (C=O) groups excluding carboxylic acids is 2. The first kappa shape index (κ1) is 18.7. The lowest BCUT2D eigenvalue weighted by atomic mass is 9.73. The molecular weight excluding hydrogens is 352 g/mol. The van der Waals surface area contributed by atoms with E-state index < -0.39 is 0 Å². The predicted molar refractivity (Wildman–Crippen MR) is 107 cm³/mol. The van der Waals surface area contributed by atoms with Crippen molar-refractivity contribution in [3.8, 4) is 0 Å². The third-order valence-corrected chi connectivity index (χ3v) is 6.20. The van der Waals surface area contributed by atoms with E-state index in [1.165, 1.54) is 0 Å². The molecule has 28 heavy (non-hydrogen) atoms. The largest absolute Gasteiger partial charge is 0.348 e. The molecule has 1 N–H and O–H groups in total. The number of piperidine rings is 2. The highest BCUT2D eigenvalue weighted by Gasteiger charge is 2.42. The Balaban J connectivity index is 1.43. The Bertz CT molecular complexity index is 831. The normalized spacial score (nSPS) is 22.7. The van der Waals surface area contributed by atoms with Gasteiger partial charge in [0.1, 0.15) is 0 Å². The molecule has 2 aliphatic heterocycles. The van der Waals surface area contributed by atoms with Crippen molar-refractivity contribution < 1.29 is 9.59 Å². The Labute approximate surface area is 165 Å². The van der Waals surface area contributed by atoms with Crippen molar-refractivity contribution in [3.63, 3.8) is 0 Å². The van der Waals surface area contributed by atoms with E-state index >= 15 is 0 Å². The number of aryl methyl sites for hydroxylation is 1. The zero-order valence-corrected chi connectivity index (χ0v) is 16.5. The molecule has 1 aromatic heterocycles. The zero-order valence-electron chi connectivity index (χ0n) is 16.5. The quantitative estimate of drug-likeness (QED) is 0.887. The molecule has 1 atom stereocenters. The average molecular weight is 380 g/mol. The molecule has 2 fully saturated rings. The van der Waals surface area contributed by atoms with Crippen LogP contribution in [0.25, 0.3) is 0 Å². The average Bonchev–Trinajstić information content (AvgIpc) is 3.23. The van der Waals surface area contributed by atoms with E-state index in [0.29, 0.717) is 13.0 Å². The molecule has 0 radical (unpaired) electrons. The highest BCUT2D eigenvalue weighted by molar-refractivity contribution is 5.94. The van der Waals surface area contributed by atoms with Crippen molar-refractivity contribution in [3.05, 3.63) is 53.6 Å². The van der Waals surface area contributed by atoms with Gasteiger partial charge in [0.25, 0.3) is 5.91 Å². The Morgan fingerprint density at radius 1 is 1.21 bits per heavy atom. The Kier molecular flexibility index (Phi) is 5.20. The second-order valence-electron chi connectivity index (χ2n) is 8.34. The summed E-state index contributed by atoms with van der Waals surface area (Å²) >= 11 is 0. The maximum atomic E-state index is 13.0. The molecule has 2 amide bonds. The fourth-order valence-corrected chi connectivity index (χ4v) is 4.58. The molecule has 2 aliphatic rings. The summed E-state index contributed by atoms with van der Waals surface area (Å²) in [6, 6.07) is 7.81. The van der Waals surface area contributed by atoms with Crippen LogP contribution in [0.5, 0.6) is 0 Å². The fraction of sp³-hybridized carbons (Fsp3) is 0.500. The molecule has 0 bridgehead atoms. The number of hydrogen-bond acceptors (Lipinski definition) is 3. The monoisotopic (exact) mass is 380 g/mol. The molecule has 6 nitrogen and oxygen atoms in total. The molecule has 2 aromatic rings. The number of rotatable bonds is 4. The van der Waals surface area contributed by atoms with Crippen LogP contribution in [0.1, 0.15) is 47.3 Å². The van der Waals surface area contributed by atoms with E-state index in [2.05, 4.69) is 9.97 Å². The molecule has 0 saturated carbocycles. The minimum atomic E-state index is 0.0283. The number of aromatic amines is 1. The smallest absolute Gasteiger partial charge is 0.253 e. The Hall–Kier alpha value is -2.63. The standard InChI is InChI=1S/C22H28N4O2/c1-17-3-5-18(6-4-17)21(28)26-11-2-9-22(15-26)10-7-20(27)25(14-22)12-8-19-13-23-16-24-19/h3-6,13,16H,2,7-12,14-15H2,1H3,(H,23,24)/t22-/m1/s1. The maximum Gasteiger partial charge on any atom is 0.253 e. The van der Waals surface area contributed by atoms with Gasteiger partial charge >= 0.3 is 0 Å². The molecule has 6 heteroatoms. The number of carbonyl (C=O) groups is 2. The van der Waals surface area contributed by atoms with Crippen LogP contribution in [-0.2, 0) is 11.2 Å². The van der Waals surface area contributed by atoms with Gasteiger partial charge < -0.3 is 14.8 Å². The van der Waals surface area contributed by atoms with E-state index in [0.717, 1.165) is 62.1 Å². The van der Waals surface area contributed by atoms with Gasteiger partial charge in [0.15, 0.2) is 0 Å². The van der Waals surface area contributed by atoms with Gasteiger partial charge in [-0.05, 0) is 38.3 Å². The predicted octanol–water partition coefficient (Wildman–Crippen LogP) is 2.81. The number of H-pyrrole nitrogens is 1. The van der Waals surface area contributed by atoms with Crippen LogP contribution in [0.2, 0.25) is 0 Å². The van der Waals surface area contributed by atoms with Gasteiger partial charge in [-0.15, -0.1) is 0 Å². The lowest BCUT2D eigenvalue weighted by molar-refractivity contribution is -0.138. The number of nitrogens with zero attached hydrogens (tertiary/aromatic N) is 3. The molecular formula is C22H28N4O2. The van der Waals surface area contributed by atoms with Crippen molar-refractivity contribution in [2.75, 3.05) is 26.2 Å². The summed E-state index contributed by atoms with van der Waals surface area (Å²) in [5.41, 5.74) is 2.99. The van der Waals surface area contributed by atoms with E-state index in [1.807, 2.05) is 47.2 Å². The van der Waals surface area contributed by atoms with E-state index in [9.17, 15) is 9.59 Å².